The Morgan fingerprint density at radius 2 is 2.09 bits per heavy atom. The van der Waals surface area contributed by atoms with Gasteiger partial charge in [0.25, 0.3) is 5.91 Å². The first-order chi connectivity index (χ1) is 11.2. The maximum atomic E-state index is 12.9. The summed E-state index contributed by atoms with van der Waals surface area (Å²) in [6.07, 6.45) is 10.6. The molecule has 4 heterocycles. The first kappa shape index (κ1) is 14.6. The molecule has 0 saturated carbocycles. The quantitative estimate of drug-likeness (QED) is 0.810. The van der Waals surface area contributed by atoms with E-state index in [0.29, 0.717) is 11.2 Å². The van der Waals surface area contributed by atoms with E-state index in [2.05, 4.69) is 10.1 Å². The average Bonchev–Trinajstić information content (AvgIpc) is 3.10. The van der Waals surface area contributed by atoms with E-state index in [-0.39, 0.29) is 11.5 Å². The van der Waals surface area contributed by atoms with Crippen LogP contribution in [-0.4, -0.2) is 50.7 Å². The highest BCUT2D eigenvalue weighted by atomic mass is 16.5. The largest absolute Gasteiger partial charge is 0.375 e. The van der Waals surface area contributed by atoms with Crippen LogP contribution in [0.3, 0.4) is 0 Å². The zero-order valence-corrected chi connectivity index (χ0v) is 13.5. The number of likely N-dealkylation sites (tertiary alicyclic amines) is 1. The fourth-order valence-electron chi connectivity index (χ4n) is 3.81. The predicted molar refractivity (Wildman–Crippen MR) is 85.4 cm³/mol. The Balaban J connectivity index is 1.56. The Hall–Kier alpha value is -1.95. The number of aryl methyl sites for hydroxylation is 1. The Kier molecular flexibility index (Phi) is 3.56. The second kappa shape index (κ2) is 5.60. The van der Waals surface area contributed by atoms with Gasteiger partial charge in [0.2, 0.25) is 0 Å². The number of hydrogen-bond donors (Lipinski definition) is 0. The summed E-state index contributed by atoms with van der Waals surface area (Å²) in [7, 11) is 0. The van der Waals surface area contributed by atoms with Crippen molar-refractivity contribution in [2.24, 2.45) is 0 Å². The molecule has 2 aliphatic rings. The van der Waals surface area contributed by atoms with Crippen LogP contribution < -0.4 is 0 Å². The van der Waals surface area contributed by atoms with Crippen molar-refractivity contribution in [3.05, 3.63) is 29.7 Å². The van der Waals surface area contributed by atoms with Crippen molar-refractivity contribution in [3.8, 4) is 0 Å². The van der Waals surface area contributed by atoms with Crippen LogP contribution in [0.5, 0.6) is 0 Å². The molecule has 2 aliphatic heterocycles. The molecule has 1 atom stereocenters. The molecule has 6 heteroatoms. The molecule has 0 bridgehead atoms. The number of rotatable bonds is 1. The van der Waals surface area contributed by atoms with Gasteiger partial charge in [0.1, 0.15) is 5.56 Å². The SMILES string of the molecule is Cc1cnc2c(C(=O)N3CCC[C@]4(CCCO4)CC3)cnn2c1. The molecule has 1 spiro atoms. The number of fused-ring (bicyclic) bond motifs is 1. The van der Waals surface area contributed by atoms with Gasteiger partial charge in [-0.2, -0.15) is 5.10 Å². The van der Waals surface area contributed by atoms with Crippen molar-refractivity contribution >= 4 is 11.6 Å². The van der Waals surface area contributed by atoms with Crippen molar-refractivity contribution in [1.29, 1.82) is 0 Å². The van der Waals surface area contributed by atoms with Gasteiger partial charge >= 0.3 is 0 Å². The normalized spacial score (nSPS) is 25.2. The molecule has 0 N–H and O–H groups in total. The van der Waals surface area contributed by atoms with Crippen LogP contribution in [0.4, 0.5) is 0 Å². The highest BCUT2D eigenvalue weighted by Crippen LogP contribution is 2.35. The van der Waals surface area contributed by atoms with Crippen LogP contribution in [0.25, 0.3) is 5.65 Å². The highest BCUT2D eigenvalue weighted by Gasteiger charge is 2.37. The van der Waals surface area contributed by atoms with Crippen LogP contribution in [0, 0.1) is 6.92 Å². The van der Waals surface area contributed by atoms with Crippen LogP contribution in [0.15, 0.2) is 18.6 Å². The molecule has 0 radical (unpaired) electrons. The van der Waals surface area contributed by atoms with Crippen molar-refractivity contribution in [2.75, 3.05) is 19.7 Å². The van der Waals surface area contributed by atoms with E-state index < -0.39 is 0 Å². The summed E-state index contributed by atoms with van der Waals surface area (Å²) in [6, 6.07) is 0. The van der Waals surface area contributed by atoms with Crippen molar-refractivity contribution in [1.82, 2.24) is 19.5 Å². The second-order valence-electron chi connectivity index (χ2n) is 6.74. The minimum absolute atomic E-state index is 0.0193. The molecule has 6 nitrogen and oxygen atoms in total. The maximum absolute atomic E-state index is 12.9. The predicted octanol–water partition coefficient (Wildman–Crippen LogP) is 2.21. The van der Waals surface area contributed by atoms with Crippen LogP contribution >= 0.6 is 0 Å². The summed E-state index contributed by atoms with van der Waals surface area (Å²) in [5, 5.41) is 4.27. The number of ether oxygens (including phenoxy) is 1. The van der Waals surface area contributed by atoms with Gasteiger partial charge in [-0.05, 0) is 44.6 Å². The highest BCUT2D eigenvalue weighted by molar-refractivity contribution is 5.99. The third-order valence-corrected chi connectivity index (χ3v) is 5.09. The maximum Gasteiger partial charge on any atom is 0.259 e. The lowest BCUT2D eigenvalue weighted by Crippen LogP contribution is -2.34. The molecule has 23 heavy (non-hydrogen) atoms. The van der Waals surface area contributed by atoms with E-state index >= 15 is 0 Å². The number of carbonyl (C=O) groups is 1. The van der Waals surface area contributed by atoms with E-state index in [4.69, 9.17) is 4.74 Å². The molecular weight excluding hydrogens is 292 g/mol. The van der Waals surface area contributed by atoms with Gasteiger partial charge < -0.3 is 9.64 Å². The zero-order chi connectivity index (χ0) is 15.9. The van der Waals surface area contributed by atoms with Gasteiger partial charge in [0, 0.05) is 32.1 Å². The Labute approximate surface area is 135 Å². The third-order valence-electron chi connectivity index (χ3n) is 5.09. The Morgan fingerprint density at radius 3 is 2.91 bits per heavy atom. The summed E-state index contributed by atoms with van der Waals surface area (Å²) in [5.74, 6) is 0.0337. The van der Waals surface area contributed by atoms with E-state index in [0.717, 1.165) is 57.4 Å². The molecule has 0 unspecified atom stereocenters. The molecule has 122 valence electrons. The fourth-order valence-corrected chi connectivity index (χ4v) is 3.81. The summed E-state index contributed by atoms with van der Waals surface area (Å²) in [4.78, 5) is 19.2. The molecule has 2 aromatic heterocycles. The number of nitrogens with zero attached hydrogens (tertiary/aromatic N) is 4. The summed E-state index contributed by atoms with van der Waals surface area (Å²) < 4.78 is 7.68. The summed E-state index contributed by atoms with van der Waals surface area (Å²) >= 11 is 0. The first-order valence-corrected chi connectivity index (χ1v) is 8.40. The summed E-state index contributed by atoms with van der Waals surface area (Å²) in [6.45, 7) is 4.37. The van der Waals surface area contributed by atoms with E-state index in [1.807, 2.05) is 18.0 Å². The fraction of sp³-hybridized carbons (Fsp3) is 0.588. The van der Waals surface area contributed by atoms with Gasteiger partial charge in [-0.15, -0.1) is 0 Å². The van der Waals surface area contributed by atoms with E-state index in [1.54, 1.807) is 16.9 Å². The molecule has 2 aromatic rings. The Morgan fingerprint density at radius 1 is 1.22 bits per heavy atom. The third kappa shape index (κ3) is 2.61. The smallest absolute Gasteiger partial charge is 0.259 e. The standard InChI is InChI=1S/C17H22N4O2/c1-13-10-18-15-14(11-19-21(15)12-13)16(22)20-7-2-4-17(6-8-20)5-3-9-23-17/h10-12H,2-9H2,1H3/t17-/m0/s1. The van der Waals surface area contributed by atoms with Crippen LogP contribution in [0.1, 0.15) is 48.0 Å². The minimum Gasteiger partial charge on any atom is -0.375 e. The van der Waals surface area contributed by atoms with Crippen molar-refractivity contribution in [2.45, 2.75) is 44.6 Å². The van der Waals surface area contributed by atoms with Gasteiger partial charge in [-0.25, -0.2) is 9.50 Å². The molecule has 0 aliphatic carbocycles. The minimum atomic E-state index is 0.0193. The molecule has 0 aromatic carbocycles. The van der Waals surface area contributed by atoms with Crippen LogP contribution in [0.2, 0.25) is 0 Å². The molecule has 4 rings (SSSR count). The first-order valence-electron chi connectivity index (χ1n) is 8.40. The molecule has 1 amide bonds. The summed E-state index contributed by atoms with van der Waals surface area (Å²) in [5.41, 5.74) is 2.27. The monoisotopic (exact) mass is 314 g/mol. The lowest BCUT2D eigenvalue weighted by Gasteiger charge is -2.26. The average molecular weight is 314 g/mol. The zero-order valence-electron chi connectivity index (χ0n) is 13.5. The van der Waals surface area contributed by atoms with Gasteiger partial charge in [-0.3, -0.25) is 4.79 Å². The molecular formula is C17H22N4O2. The van der Waals surface area contributed by atoms with Gasteiger partial charge in [0.15, 0.2) is 5.65 Å². The van der Waals surface area contributed by atoms with Crippen LogP contribution in [-0.2, 0) is 4.74 Å². The van der Waals surface area contributed by atoms with Gasteiger partial charge in [-0.1, -0.05) is 0 Å². The lowest BCUT2D eigenvalue weighted by molar-refractivity contribution is -0.00691. The molecule has 2 fully saturated rings. The van der Waals surface area contributed by atoms with Gasteiger partial charge in [0.05, 0.1) is 11.8 Å². The number of carbonyl (C=O) groups excluding carboxylic acids is 1. The molecule has 2 saturated heterocycles. The van der Waals surface area contributed by atoms with E-state index in [1.165, 1.54) is 0 Å². The topological polar surface area (TPSA) is 59.7 Å². The lowest BCUT2D eigenvalue weighted by atomic mass is 9.92. The second-order valence-corrected chi connectivity index (χ2v) is 6.74. The number of hydrogen-bond acceptors (Lipinski definition) is 4. The Bertz CT molecular complexity index is 733. The van der Waals surface area contributed by atoms with Crippen molar-refractivity contribution < 1.29 is 9.53 Å². The number of amides is 1. The van der Waals surface area contributed by atoms with E-state index in [9.17, 15) is 4.79 Å². The number of aromatic nitrogens is 3. The van der Waals surface area contributed by atoms with Crippen molar-refractivity contribution in [3.63, 3.8) is 0 Å².